The minimum absolute atomic E-state index is 0.180. The van der Waals surface area contributed by atoms with Crippen molar-refractivity contribution in [3.63, 3.8) is 0 Å². The average molecular weight is 417 g/mol. The van der Waals surface area contributed by atoms with E-state index >= 15 is 0 Å². The highest BCUT2D eigenvalue weighted by Gasteiger charge is 2.43. The van der Waals surface area contributed by atoms with Gasteiger partial charge in [0.1, 0.15) is 0 Å². The zero-order chi connectivity index (χ0) is 22.5. The Hall–Kier alpha value is -3.65. The van der Waals surface area contributed by atoms with Crippen LogP contribution in [0.3, 0.4) is 0 Å². The number of rotatable bonds is 5. The number of esters is 2. The maximum Gasteiger partial charge on any atom is 0.416 e. The van der Waals surface area contributed by atoms with Crippen molar-refractivity contribution < 1.29 is 32.2 Å². The molecule has 1 aromatic rings. The van der Waals surface area contributed by atoms with Crippen LogP contribution in [0.5, 0.6) is 0 Å². The topological polar surface area (TPSA) is 64.6 Å². The first-order valence-corrected chi connectivity index (χ1v) is 8.69. The van der Waals surface area contributed by atoms with Gasteiger partial charge in [-0.2, -0.15) is 13.2 Å². The summed E-state index contributed by atoms with van der Waals surface area (Å²) in [7, 11) is 0. The zero-order valence-corrected chi connectivity index (χ0v) is 16.2. The van der Waals surface area contributed by atoms with Crippen molar-refractivity contribution in [1.29, 1.82) is 0 Å². The SMILES string of the molecule is C#CCOC(=O)C1=C(C)NC(C)=C(C(=O)OCC#C)C1c1ccccc1C(F)(F)F. The predicted octanol–water partition coefficient (Wildman–Crippen LogP) is 3.29. The summed E-state index contributed by atoms with van der Waals surface area (Å²) in [6.07, 6.45) is 5.49. The van der Waals surface area contributed by atoms with Crippen LogP contribution in [-0.4, -0.2) is 25.2 Å². The summed E-state index contributed by atoms with van der Waals surface area (Å²) in [5.41, 5.74) is -1.21. The van der Waals surface area contributed by atoms with Crippen LogP contribution in [-0.2, 0) is 25.2 Å². The predicted molar refractivity (Wildman–Crippen MR) is 102 cm³/mol. The number of alkyl halides is 3. The normalized spacial score (nSPS) is 14.5. The Morgan fingerprint density at radius 1 is 1.00 bits per heavy atom. The van der Waals surface area contributed by atoms with Gasteiger partial charge in [-0.05, 0) is 25.5 Å². The van der Waals surface area contributed by atoms with Gasteiger partial charge in [0.25, 0.3) is 0 Å². The number of allylic oxidation sites excluding steroid dienone is 2. The van der Waals surface area contributed by atoms with E-state index in [1.807, 2.05) is 0 Å². The van der Waals surface area contributed by atoms with Gasteiger partial charge in [0.15, 0.2) is 13.2 Å². The smallest absolute Gasteiger partial charge is 0.416 e. The largest absolute Gasteiger partial charge is 0.449 e. The summed E-state index contributed by atoms with van der Waals surface area (Å²) < 4.78 is 51.1. The van der Waals surface area contributed by atoms with Crippen molar-refractivity contribution in [2.24, 2.45) is 0 Å². The third-order valence-corrected chi connectivity index (χ3v) is 4.35. The van der Waals surface area contributed by atoms with Crippen molar-refractivity contribution in [3.05, 3.63) is 57.9 Å². The highest BCUT2D eigenvalue weighted by Crippen LogP contribution is 2.44. The second-order valence-corrected chi connectivity index (χ2v) is 6.28. The summed E-state index contributed by atoms with van der Waals surface area (Å²) in [6, 6.07) is 4.67. The lowest BCUT2D eigenvalue weighted by molar-refractivity contribution is -0.141. The number of benzene rings is 1. The second-order valence-electron chi connectivity index (χ2n) is 6.28. The minimum Gasteiger partial charge on any atom is -0.449 e. The number of halogens is 3. The molecule has 30 heavy (non-hydrogen) atoms. The van der Waals surface area contributed by atoms with Crippen LogP contribution in [0.15, 0.2) is 46.8 Å². The first-order valence-electron chi connectivity index (χ1n) is 8.69. The fourth-order valence-electron chi connectivity index (χ4n) is 3.22. The molecule has 0 aliphatic carbocycles. The molecule has 1 heterocycles. The van der Waals surface area contributed by atoms with Gasteiger partial charge in [0.2, 0.25) is 0 Å². The molecule has 0 unspecified atom stereocenters. The lowest BCUT2D eigenvalue weighted by atomic mass is 9.78. The van der Waals surface area contributed by atoms with E-state index < -0.39 is 29.6 Å². The quantitative estimate of drug-likeness (QED) is 0.589. The molecule has 0 saturated carbocycles. The van der Waals surface area contributed by atoms with Crippen LogP contribution in [0.2, 0.25) is 0 Å². The molecule has 1 aromatic carbocycles. The minimum atomic E-state index is -4.73. The van der Waals surface area contributed by atoms with Gasteiger partial charge >= 0.3 is 18.1 Å². The Morgan fingerprint density at radius 3 is 1.90 bits per heavy atom. The molecule has 1 N–H and O–H groups in total. The van der Waals surface area contributed by atoms with E-state index in [9.17, 15) is 22.8 Å². The second kappa shape index (κ2) is 9.23. The molecular formula is C22H18F3NO4. The molecule has 0 aromatic heterocycles. The van der Waals surface area contributed by atoms with Gasteiger partial charge in [0, 0.05) is 11.4 Å². The zero-order valence-electron chi connectivity index (χ0n) is 16.2. The Labute approximate surface area is 171 Å². The molecule has 1 aliphatic heterocycles. The Morgan fingerprint density at radius 2 is 1.47 bits per heavy atom. The van der Waals surface area contributed by atoms with Crippen molar-refractivity contribution in [1.82, 2.24) is 5.32 Å². The van der Waals surface area contributed by atoms with E-state index in [0.29, 0.717) is 0 Å². The first-order chi connectivity index (χ1) is 14.1. The molecule has 1 aliphatic rings. The Bertz CT molecular complexity index is 954. The fourth-order valence-corrected chi connectivity index (χ4v) is 3.22. The van der Waals surface area contributed by atoms with Crippen LogP contribution in [0, 0.1) is 24.7 Å². The highest BCUT2D eigenvalue weighted by atomic mass is 19.4. The maximum absolute atomic E-state index is 13.7. The summed E-state index contributed by atoms with van der Waals surface area (Å²) in [4.78, 5) is 25.4. The number of terminal acetylenes is 2. The molecule has 2 rings (SSSR count). The molecule has 5 nitrogen and oxygen atoms in total. The van der Waals surface area contributed by atoms with Gasteiger partial charge in [-0.25, -0.2) is 9.59 Å². The van der Waals surface area contributed by atoms with Gasteiger partial charge in [-0.15, -0.1) is 12.8 Å². The van der Waals surface area contributed by atoms with Crippen molar-refractivity contribution in [2.75, 3.05) is 13.2 Å². The van der Waals surface area contributed by atoms with Crippen LogP contribution < -0.4 is 5.32 Å². The van der Waals surface area contributed by atoms with E-state index in [1.165, 1.54) is 32.0 Å². The molecule has 8 heteroatoms. The number of ether oxygens (including phenoxy) is 2. The molecule has 156 valence electrons. The van der Waals surface area contributed by atoms with Crippen molar-refractivity contribution in [3.8, 4) is 24.7 Å². The number of hydrogen-bond donors (Lipinski definition) is 1. The highest BCUT2D eigenvalue weighted by molar-refractivity contribution is 6.00. The van der Waals surface area contributed by atoms with Crippen LogP contribution >= 0.6 is 0 Å². The number of carbonyl (C=O) groups excluding carboxylic acids is 2. The lowest BCUT2D eigenvalue weighted by Gasteiger charge is -2.31. The molecule has 0 amide bonds. The van der Waals surface area contributed by atoms with Crippen LogP contribution in [0.25, 0.3) is 0 Å². The number of carbonyl (C=O) groups is 2. The van der Waals surface area contributed by atoms with E-state index in [2.05, 4.69) is 17.2 Å². The summed E-state index contributed by atoms with van der Waals surface area (Å²) in [5, 5.41) is 2.83. The molecule has 0 atom stereocenters. The molecule has 0 spiro atoms. The van der Waals surface area contributed by atoms with Crippen LogP contribution in [0.1, 0.15) is 30.9 Å². The van der Waals surface area contributed by atoms with E-state index in [-0.39, 0.29) is 41.3 Å². The van der Waals surface area contributed by atoms with Crippen molar-refractivity contribution >= 4 is 11.9 Å². The average Bonchev–Trinajstić information content (AvgIpc) is 2.69. The third-order valence-electron chi connectivity index (χ3n) is 4.35. The third kappa shape index (κ3) is 4.66. The standard InChI is InChI=1S/C22H18F3NO4/c1-5-11-29-20(27)17-13(3)26-14(4)18(21(28)30-12-6-2)19(17)15-9-7-8-10-16(15)22(23,24)25/h1-2,7-10,19,26H,11-12H2,3-4H3. The van der Waals surface area contributed by atoms with Gasteiger partial charge in [0.05, 0.1) is 22.6 Å². The molecule has 0 radical (unpaired) electrons. The van der Waals surface area contributed by atoms with Crippen LogP contribution in [0.4, 0.5) is 13.2 Å². The van der Waals surface area contributed by atoms with E-state index in [1.54, 1.807) is 0 Å². The summed E-state index contributed by atoms with van der Waals surface area (Å²) in [6.45, 7) is 2.21. The Balaban J connectivity index is 2.75. The number of nitrogens with one attached hydrogen (secondary N) is 1. The molecule has 0 bridgehead atoms. The molecule has 0 saturated heterocycles. The fraction of sp³-hybridized carbons (Fsp3) is 0.273. The monoisotopic (exact) mass is 417 g/mol. The van der Waals surface area contributed by atoms with Gasteiger partial charge in [-0.3, -0.25) is 0 Å². The number of hydrogen-bond acceptors (Lipinski definition) is 5. The maximum atomic E-state index is 13.7. The molecular weight excluding hydrogens is 399 g/mol. The number of dihydropyridines is 1. The summed E-state index contributed by atoms with van der Waals surface area (Å²) in [5.74, 6) is 0.941. The lowest BCUT2D eigenvalue weighted by Crippen LogP contribution is -2.33. The summed E-state index contributed by atoms with van der Waals surface area (Å²) >= 11 is 0. The van der Waals surface area contributed by atoms with E-state index in [4.69, 9.17) is 22.3 Å². The van der Waals surface area contributed by atoms with E-state index in [0.717, 1.165) is 6.07 Å². The van der Waals surface area contributed by atoms with Crippen molar-refractivity contribution in [2.45, 2.75) is 25.9 Å². The Kier molecular flexibility index (Phi) is 6.97. The first kappa shape index (κ1) is 22.6. The van der Waals surface area contributed by atoms with Gasteiger partial charge < -0.3 is 14.8 Å². The van der Waals surface area contributed by atoms with Gasteiger partial charge in [-0.1, -0.05) is 30.0 Å². The molecule has 0 fully saturated rings.